The number of amides is 1. The van der Waals surface area contributed by atoms with Crippen molar-refractivity contribution in [1.29, 1.82) is 0 Å². The van der Waals surface area contributed by atoms with Crippen molar-refractivity contribution in [3.8, 4) is 0 Å². The van der Waals surface area contributed by atoms with Crippen LogP contribution >= 0.6 is 0 Å². The summed E-state index contributed by atoms with van der Waals surface area (Å²) in [6, 6.07) is 0. The molecule has 124 valence electrons. The lowest BCUT2D eigenvalue weighted by molar-refractivity contribution is 0.00780. The molecular weight excluding hydrogens is 270 g/mol. The molecule has 6 heteroatoms. The molecule has 1 amide bonds. The van der Waals surface area contributed by atoms with Crippen LogP contribution in [-0.2, 0) is 9.47 Å². The Bertz CT molecular complexity index is 310. The summed E-state index contributed by atoms with van der Waals surface area (Å²) in [6.07, 6.45) is -0.348. The molecule has 1 saturated heterocycles. The molecule has 0 aromatic rings. The molecule has 0 aliphatic carbocycles. The second-order valence-electron chi connectivity index (χ2n) is 6.85. The molecule has 1 heterocycles. The highest BCUT2D eigenvalue weighted by atomic mass is 16.6. The van der Waals surface area contributed by atoms with Gasteiger partial charge in [-0.1, -0.05) is 13.8 Å². The quantitative estimate of drug-likeness (QED) is 0.780. The molecule has 1 rings (SSSR count). The van der Waals surface area contributed by atoms with Gasteiger partial charge in [0.25, 0.3) is 0 Å². The minimum atomic E-state index is -0.455. The van der Waals surface area contributed by atoms with Crippen LogP contribution in [0.4, 0.5) is 4.79 Å². The molecule has 2 N–H and O–H groups in total. The van der Waals surface area contributed by atoms with Gasteiger partial charge in [-0.25, -0.2) is 9.80 Å². The summed E-state index contributed by atoms with van der Waals surface area (Å²) in [7, 11) is 0. The Kier molecular flexibility index (Phi) is 7.42. The van der Waals surface area contributed by atoms with Crippen molar-refractivity contribution >= 4 is 6.09 Å². The summed E-state index contributed by atoms with van der Waals surface area (Å²) in [5, 5.41) is 5.05. The van der Waals surface area contributed by atoms with Crippen LogP contribution in [0.1, 0.15) is 34.6 Å². The van der Waals surface area contributed by atoms with E-state index in [1.807, 2.05) is 20.8 Å². The van der Waals surface area contributed by atoms with Gasteiger partial charge in [0.05, 0.1) is 13.2 Å². The number of nitrogens with one attached hydrogen (secondary N) is 2. The average Bonchev–Trinajstić information content (AvgIpc) is 2.37. The molecule has 0 aromatic carbocycles. The summed E-state index contributed by atoms with van der Waals surface area (Å²) in [6.45, 7) is 14.8. The number of rotatable bonds is 6. The van der Waals surface area contributed by atoms with E-state index in [0.29, 0.717) is 18.4 Å². The van der Waals surface area contributed by atoms with E-state index in [-0.39, 0.29) is 6.09 Å². The van der Waals surface area contributed by atoms with Gasteiger partial charge in [0.15, 0.2) is 0 Å². The topological polar surface area (TPSA) is 62.8 Å². The fourth-order valence-corrected chi connectivity index (χ4v) is 2.04. The van der Waals surface area contributed by atoms with Gasteiger partial charge in [0, 0.05) is 26.2 Å². The Balaban J connectivity index is 2.30. The fraction of sp³-hybridized carbons (Fsp3) is 0.933. The van der Waals surface area contributed by atoms with Gasteiger partial charge in [-0.3, -0.25) is 5.43 Å². The van der Waals surface area contributed by atoms with E-state index in [9.17, 15) is 4.79 Å². The van der Waals surface area contributed by atoms with Gasteiger partial charge in [0.1, 0.15) is 5.60 Å². The maximum atomic E-state index is 11.7. The third kappa shape index (κ3) is 8.24. The predicted octanol–water partition coefficient (Wildman–Crippen LogP) is 1.62. The van der Waals surface area contributed by atoms with Crippen molar-refractivity contribution < 1.29 is 14.3 Å². The first-order valence-electron chi connectivity index (χ1n) is 7.81. The lowest BCUT2D eigenvalue weighted by Crippen LogP contribution is -2.49. The van der Waals surface area contributed by atoms with Crippen LogP contribution in [0.3, 0.4) is 0 Å². The molecule has 0 bridgehead atoms. The summed E-state index contributed by atoms with van der Waals surface area (Å²) in [4.78, 5) is 11.7. The van der Waals surface area contributed by atoms with Gasteiger partial charge in [-0.2, -0.15) is 0 Å². The molecular formula is C15H31N3O3. The molecule has 1 aliphatic rings. The molecule has 0 spiro atoms. The first-order chi connectivity index (χ1) is 9.78. The second kappa shape index (κ2) is 8.56. The third-order valence-corrected chi connectivity index (χ3v) is 3.44. The standard InChI is InChI=1S/C15H31N3O3/c1-12(2)13(10-16-14(19)21-15(3,4)5)11-17-18-6-8-20-9-7-18/h12-13,17H,6-11H2,1-5H3,(H,16,19). The van der Waals surface area contributed by atoms with Crippen molar-refractivity contribution in [3.05, 3.63) is 0 Å². The highest BCUT2D eigenvalue weighted by Crippen LogP contribution is 2.10. The summed E-state index contributed by atoms with van der Waals surface area (Å²) in [5.74, 6) is 0.842. The number of alkyl carbamates (subject to hydrolysis) is 1. The van der Waals surface area contributed by atoms with Crippen LogP contribution in [0.5, 0.6) is 0 Å². The monoisotopic (exact) mass is 301 g/mol. The zero-order valence-electron chi connectivity index (χ0n) is 14.1. The van der Waals surface area contributed by atoms with Crippen molar-refractivity contribution in [3.63, 3.8) is 0 Å². The lowest BCUT2D eigenvalue weighted by Gasteiger charge is -2.30. The van der Waals surface area contributed by atoms with E-state index in [0.717, 1.165) is 32.8 Å². The Hall–Kier alpha value is -0.850. The average molecular weight is 301 g/mol. The van der Waals surface area contributed by atoms with Gasteiger partial charge >= 0.3 is 6.09 Å². The second-order valence-corrected chi connectivity index (χ2v) is 6.85. The van der Waals surface area contributed by atoms with E-state index in [1.165, 1.54) is 0 Å². The van der Waals surface area contributed by atoms with Crippen molar-refractivity contribution in [2.24, 2.45) is 11.8 Å². The van der Waals surface area contributed by atoms with Gasteiger partial charge in [-0.05, 0) is 32.6 Å². The van der Waals surface area contributed by atoms with Crippen LogP contribution in [0.2, 0.25) is 0 Å². The van der Waals surface area contributed by atoms with E-state index in [1.54, 1.807) is 0 Å². The zero-order chi connectivity index (χ0) is 15.9. The third-order valence-electron chi connectivity index (χ3n) is 3.44. The van der Waals surface area contributed by atoms with Crippen LogP contribution in [-0.4, -0.2) is 56.1 Å². The molecule has 6 nitrogen and oxygen atoms in total. The molecule has 21 heavy (non-hydrogen) atoms. The molecule has 1 unspecified atom stereocenters. The summed E-state index contributed by atoms with van der Waals surface area (Å²) in [5.41, 5.74) is 2.98. The molecule has 1 atom stereocenters. The fourth-order valence-electron chi connectivity index (χ4n) is 2.04. The Morgan fingerprint density at radius 1 is 1.24 bits per heavy atom. The Morgan fingerprint density at radius 3 is 2.38 bits per heavy atom. The first-order valence-corrected chi connectivity index (χ1v) is 7.81. The number of morpholine rings is 1. The van der Waals surface area contributed by atoms with Gasteiger partial charge in [-0.15, -0.1) is 0 Å². The molecule has 1 aliphatic heterocycles. The SMILES string of the molecule is CC(C)C(CNC(=O)OC(C)(C)C)CNN1CCOCC1. The Labute approximate surface area is 128 Å². The normalized spacial score (nSPS) is 18.6. The van der Waals surface area contributed by atoms with Crippen molar-refractivity contribution in [1.82, 2.24) is 15.8 Å². The number of carbonyl (C=O) groups excluding carboxylic acids is 1. The zero-order valence-corrected chi connectivity index (χ0v) is 14.1. The Morgan fingerprint density at radius 2 is 1.86 bits per heavy atom. The van der Waals surface area contributed by atoms with E-state index >= 15 is 0 Å². The lowest BCUT2D eigenvalue weighted by atomic mass is 9.96. The van der Waals surface area contributed by atoms with Crippen molar-refractivity contribution in [2.45, 2.75) is 40.2 Å². The predicted molar refractivity (Wildman–Crippen MR) is 83.0 cm³/mol. The molecule has 0 saturated carbocycles. The number of ether oxygens (including phenoxy) is 2. The molecule has 0 aromatic heterocycles. The van der Waals surface area contributed by atoms with E-state index in [4.69, 9.17) is 9.47 Å². The highest BCUT2D eigenvalue weighted by Gasteiger charge is 2.20. The number of hydrogen-bond donors (Lipinski definition) is 2. The first kappa shape index (κ1) is 18.2. The minimum Gasteiger partial charge on any atom is -0.444 e. The number of hydrazine groups is 1. The summed E-state index contributed by atoms with van der Waals surface area (Å²) >= 11 is 0. The number of hydrogen-bond acceptors (Lipinski definition) is 5. The number of carbonyl (C=O) groups is 1. The van der Waals surface area contributed by atoms with Crippen LogP contribution in [0.25, 0.3) is 0 Å². The smallest absolute Gasteiger partial charge is 0.407 e. The van der Waals surface area contributed by atoms with Crippen molar-refractivity contribution in [2.75, 3.05) is 39.4 Å². The minimum absolute atomic E-state index is 0.348. The number of nitrogens with zero attached hydrogens (tertiary/aromatic N) is 1. The summed E-state index contributed by atoms with van der Waals surface area (Å²) < 4.78 is 10.6. The van der Waals surface area contributed by atoms with Crippen LogP contribution < -0.4 is 10.7 Å². The van der Waals surface area contributed by atoms with E-state index < -0.39 is 5.60 Å². The molecule has 1 fully saturated rings. The molecule has 0 radical (unpaired) electrons. The van der Waals surface area contributed by atoms with Gasteiger partial charge in [0.2, 0.25) is 0 Å². The van der Waals surface area contributed by atoms with E-state index in [2.05, 4.69) is 29.6 Å². The maximum absolute atomic E-state index is 11.7. The maximum Gasteiger partial charge on any atom is 0.407 e. The largest absolute Gasteiger partial charge is 0.444 e. The highest BCUT2D eigenvalue weighted by molar-refractivity contribution is 5.67. The van der Waals surface area contributed by atoms with Gasteiger partial charge < -0.3 is 14.8 Å². The van der Waals surface area contributed by atoms with Crippen LogP contribution in [0, 0.1) is 11.8 Å². The van der Waals surface area contributed by atoms with Crippen LogP contribution in [0.15, 0.2) is 0 Å².